The third-order valence-corrected chi connectivity index (χ3v) is 2.45. The molecule has 0 aliphatic heterocycles. The molecule has 0 radical (unpaired) electrons. The Morgan fingerprint density at radius 1 is 1.25 bits per heavy atom. The summed E-state index contributed by atoms with van der Waals surface area (Å²) in [5.74, 6) is 1.58. The molecule has 0 saturated carbocycles. The van der Waals surface area contributed by atoms with Gasteiger partial charge in [-0.1, -0.05) is 13.0 Å². The fourth-order valence-electron chi connectivity index (χ4n) is 1.35. The van der Waals surface area contributed by atoms with Crippen molar-refractivity contribution in [1.82, 2.24) is 0 Å². The minimum atomic E-state index is 0.197. The standard InChI is InChI=1S/C13H21NO2/c1-4-10(3)16-12-7-6-11(9-14)8-13(12)15-5-2/h6-8,10H,4-5,9,14H2,1-3H3/t10-/m0/s1. The molecule has 0 aliphatic rings. The van der Waals surface area contributed by atoms with Crippen molar-refractivity contribution in [3.8, 4) is 11.5 Å². The van der Waals surface area contributed by atoms with Crippen LogP contribution in [0.15, 0.2) is 18.2 Å². The first-order valence-corrected chi connectivity index (χ1v) is 5.83. The lowest BCUT2D eigenvalue weighted by Gasteiger charge is -2.16. The number of ether oxygens (including phenoxy) is 2. The second kappa shape index (κ2) is 6.38. The second-order valence-electron chi connectivity index (χ2n) is 3.75. The molecule has 0 spiro atoms. The van der Waals surface area contributed by atoms with Crippen molar-refractivity contribution in [1.29, 1.82) is 0 Å². The van der Waals surface area contributed by atoms with E-state index in [2.05, 4.69) is 6.92 Å². The molecule has 0 amide bonds. The average molecular weight is 223 g/mol. The predicted molar refractivity (Wildman–Crippen MR) is 65.9 cm³/mol. The van der Waals surface area contributed by atoms with Crippen LogP contribution in [0.2, 0.25) is 0 Å². The molecule has 0 bridgehead atoms. The van der Waals surface area contributed by atoms with Gasteiger partial charge in [0.15, 0.2) is 11.5 Å². The number of hydrogen-bond donors (Lipinski definition) is 1. The fourth-order valence-corrected chi connectivity index (χ4v) is 1.35. The maximum absolute atomic E-state index is 5.78. The fraction of sp³-hybridized carbons (Fsp3) is 0.538. The van der Waals surface area contributed by atoms with Gasteiger partial charge in [0, 0.05) is 6.54 Å². The molecule has 0 fully saturated rings. The van der Waals surface area contributed by atoms with Gasteiger partial charge in [-0.2, -0.15) is 0 Å². The van der Waals surface area contributed by atoms with Crippen LogP contribution in [0.4, 0.5) is 0 Å². The molecule has 3 nitrogen and oxygen atoms in total. The van der Waals surface area contributed by atoms with Gasteiger partial charge in [0.2, 0.25) is 0 Å². The normalized spacial score (nSPS) is 12.2. The Balaban J connectivity index is 2.88. The largest absolute Gasteiger partial charge is 0.490 e. The molecule has 2 N–H and O–H groups in total. The molecule has 90 valence electrons. The summed E-state index contributed by atoms with van der Waals surface area (Å²) in [6.45, 7) is 7.25. The molecule has 0 unspecified atom stereocenters. The quantitative estimate of drug-likeness (QED) is 0.806. The minimum Gasteiger partial charge on any atom is -0.490 e. The molecular weight excluding hydrogens is 202 g/mol. The molecule has 3 heteroatoms. The van der Waals surface area contributed by atoms with Gasteiger partial charge in [0.25, 0.3) is 0 Å². The van der Waals surface area contributed by atoms with Gasteiger partial charge < -0.3 is 15.2 Å². The molecule has 0 aromatic heterocycles. The molecule has 0 aliphatic carbocycles. The highest BCUT2D eigenvalue weighted by Crippen LogP contribution is 2.29. The van der Waals surface area contributed by atoms with Crippen molar-refractivity contribution in [3.63, 3.8) is 0 Å². The number of rotatable bonds is 6. The van der Waals surface area contributed by atoms with Crippen molar-refractivity contribution < 1.29 is 9.47 Å². The number of hydrogen-bond acceptors (Lipinski definition) is 3. The zero-order valence-corrected chi connectivity index (χ0v) is 10.3. The minimum absolute atomic E-state index is 0.197. The Labute approximate surface area is 97.6 Å². The Morgan fingerprint density at radius 2 is 2.00 bits per heavy atom. The highest BCUT2D eigenvalue weighted by atomic mass is 16.5. The number of nitrogens with two attached hydrogens (primary N) is 1. The second-order valence-corrected chi connectivity index (χ2v) is 3.75. The maximum atomic E-state index is 5.78. The summed E-state index contributed by atoms with van der Waals surface area (Å²) in [4.78, 5) is 0. The Bertz CT molecular complexity index is 326. The van der Waals surface area contributed by atoms with Gasteiger partial charge in [0.1, 0.15) is 0 Å². The molecule has 0 saturated heterocycles. The van der Waals surface area contributed by atoms with Crippen LogP contribution in [0.5, 0.6) is 11.5 Å². The van der Waals surface area contributed by atoms with Gasteiger partial charge in [-0.3, -0.25) is 0 Å². The van der Waals surface area contributed by atoms with Gasteiger partial charge in [0.05, 0.1) is 12.7 Å². The lowest BCUT2D eigenvalue weighted by molar-refractivity contribution is 0.203. The summed E-state index contributed by atoms with van der Waals surface area (Å²) in [6.07, 6.45) is 1.17. The average Bonchev–Trinajstić information content (AvgIpc) is 2.31. The third-order valence-electron chi connectivity index (χ3n) is 2.45. The van der Waals surface area contributed by atoms with Crippen LogP contribution < -0.4 is 15.2 Å². The molecule has 1 aromatic rings. The van der Waals surface area contributed by atoms with Gasteiger partial charge in [-0.05, 0) is 38.0 Å². The smallest absolute Gasteiger partial charge is 0.161 e. The van der Waals surface area contributed by atoms with Crippen LogP contribution in [-0.4, -0.2) is 12.7 Å². The van der Waals surface area contributed by atoms with E-state index >= 15 is 0 Å². The predicted octanol–water partition coefficient (Wildman–Crippen LogP) is 2.72. The third kappa shape index (κ3) is 3.42. The summed E-state index contributed by atoms with van der Waals surface area (Å²) in [5.41, 5.74) is 6.65. The van der Waals surface area contributed by atoms with Crippen LogP contribution in [0.1, 0.15) is 32.8 Å². The van der Waals surface area contributed by atoms with E-state index in [4.69, 9.17) is 15.2 Å². The van der Waals surface area contributed by atoms with Crippen molar-refractivity contribution in [3.05, 3.63) is 23.8 Å². The van der Waals surface area contributed by atoms with Crippen LogP contribution >= 0.6 is 0 Å². The summed E-state index contributed by atoms with van der Waals surface area (Å²) in [5, 5.41) is 0. The van der Waals surface area contributed by atoms with Gasteiger partial charge in [-0.15, -0.1) is 0 Å². The van der Waals surface area contributed by atoms with Crippen LogP contribution in [0.25, 0.3) is 0 Å². The van der Waals surface area contributed by atoms with Crippen LogP contribution in [-0.2, 0) is 6.54 Å². The zero-order valence-electron chi connectivity index (χ0n) is 10.3. The van der Waals surface area contributed by atoms with Crippen molar-refractivity contribution >= 4 is 0 Å². The Morgan fingerprint density at radius 3 is 2.56 bits per heavy atom. The van der Waals surface area contributed by atoms with E-state index in [-0.39, 0.29) is 6.10 Å². The first kappa shape index (κ1) is 12.8. The summed E-state index contributed by atoms with van der Waals surface area (Å²) in [7, 11) is 0. The van der Waals surface area contributed by atoms with Crippen molar-refractivity contribution in [2.45, 2.75) is 39.8 Å². The van der Waals surface area contributed by atoms with Crippen LogP contribution in [0.3, 0.4) is 0 Å². The van der Waals surface area contributed by atoms with E-state index in [9.17, 15) is 0 Å². The van der Waals surface area contributed by atoms with Gasteiger partial charge in [-0.25, -0.2) is 0 Å². The topological polar surface area (TPSA) is 44.5 Å². The molecule has 16 heavy (non-hydrogen) atoms. The van der Waals surface area contributed by atoms with E-state index < -0.39 is 0 Å². The highest BCUT2D eigenvalue weighted by molar-refractivity contribution is 5.43. The molecule has 0 heterocycles. The number of benzene rings is 1. The van der Waals surface area contributed by atoms with E-state index in [1.807, 2.05) is 32.0 Å². The highest BCUT2D eigenvalue weighted by Gasteiger charge is 2.08. The molecule has 1 aromatic carbocycles. The lowest BCUT2D eigenvalue weighted by Crippen LogP contribution is -2.11. The monoisotopic (exact) mass is 223 g/mol. The zero-order chi connectivity index (χ0) is 12.0. The molecule has 1 atom stereocenters. The first-order chi connectivity index (χ1) is 7.71. The first-order valence-electron chi connectivity index (χ1n) is 5.83. The SMILES string of the molecule is CCOc1cc(CN)ccc1O[C@@H](C)CC. The van der Waals surface area contributed by atoms with E-state index in [1.54, 1.807) is 0 Å². The summed E-state index contributed by atoms with van der Waals surface area (Å²) < 4.78 is 11.3. The lowest BCUT2D eigenvalue weighted by atomic mass is 10.2. The molecule has 1 rings (SSSR count). The van der Waals surface area contributed by atoms with Crippen LogP contribution in [0, 0.1) is 0 Å². The Hall–Kier alpha value is -1.22. The Kier molecular flexibility index (Phi) is 5.12. The van der Waals surface area contributed by atoms with E-state index in [0.717, 1.165) is 23.5 Å². The summed E-state index contributed by atoms with van der Waals surface area (Å²) >= 11 is 0. The van der Waals surface area contributed by atoms with E-state index in [1.165, 1.54) is 0 Å². The van der Waals surface area contributed by atoms with E-state index in [0.29, 0.717) is 13.2 Å². The van der Waals surface area contributed by atoms with Gasteiger partial charge >= 0.3 is 0 Å². The van der Waals surface area contributed by atoms with Crippen molar-refractivity contribution in [2.75, 3.05) is 6.61 Å². The summed E-state index contributed by atoms with van der Waals surface area (Å²) in [6, 6.07) is 5.85. The maximum Gasteiger partial charge on any atom is 0.161 e. The molecular formula is C13H21NO2. The van der Waals surface area contributed by atoms with Crippen molar-refractivity contribution in [2.24, 2.45) is 5.73 Å².